The number of rotatable bonds is 1. The standard InChI is InChI=1S/C16H11F3N4O3/c17-16(18,19)9-5-7-10(8-6-9)21-15(25)13-14(24)20-11-3-1-2-4-12(11)22(13)23(21)26/h1-8,23,25H,(H,20,24). The van der Waals surface area contributed by atoms with Crippen LogP contribution in [0.4, 0.5) is 30.2 Å². The van der Waals surface area contributed by atoms with E-state index in [1.807, 2.05) is 0 Å². The molecule has 0 spiro atoms. The zero-order valence-corrected chi connectivity index (χ0v) is 12.9. The minimum atomic E-state index is -4.52. The van der Waals surface area contributed by atoms with E-state index in [0.29, 0.717) is 11.4 Å². The second-order valence-corrected chi connectivity index (χ2v) is 5.64. The fraction of sp³-hybridized carbons (Fsp3) is 0.0625. The lowest BCUT2D eigenvalue weighted by molar-refractivity contribution is -0.853. The number of para-hydroxylation sites is 2. The molecule has 7 nitrogen and oxygen atoms in total. The second-order valence-electron chi connectivity index (χ2n) is 5.64. The summed E-state index contributed by atoms with van der Waals surface area (Å²) in [5.41, 5.74) is -0.424. The van der Waals surface area contributed by atoms with Crippen molar-refractivity contribution in [3.63, 3.8) is 0 Å². The Hall–Kier alpha value is -3.24. The number of nitrogens with zero attached hydrogens (tertiary/aromatic N) is 2. The lowest BCUT2D eigenvalue weighted by Crippen LogP contribution is -3.19. The van der Waals surface area contributed by atoms with E-state index in [1.165, 1.54) is 0 Å². The molecule has 3 N–H and O–H groups in total. The number of aliphatic hydroxyl groups excluding tert-OH is 1. The van der Waals surface area contributed by atoms with E-state index in [2.05, 4.69) is 5.32 Å². The largest absolute Gasteiger partial charge is 0.581 e. The molecule has 1 atom stereocenters. The Labute approximate surface area is 144 Å². The molecule has 0 aliphatic carbocycles. The number of quaternary nitrogens is 1. The molecular formula is C16H11F3N4O3. The van der Waals surface area contributed by atoms with Gasteiger partial charge in [0.05, 0.1) is 11.3 Å². The highest BCUT2D eigenvalue weighted by molar-refractivity contribution is 6.12. The predicted octanol–water partition coefficient (Wildman–Crippen LogP) is 1.92. The number of alkyl halides is 3. The minimum absolute atomic E-state index is 0.00711. The summed E-state index contributed by atoms with van der Waals surface area (Å²) in [5, 5.41) is 26.8. The van der Waals surface area contributed by atoms with Crippen LogP contribution in [0.2, 0.25) is 0 Å². The molecule has 0 fully saturated rings. The molecule has 2 aromatic carbocycles. The summed E-state index contributed by atoms with van der Waals surface area (Å²) in [6, 6.07) is 10.2. The topological polar surface area (TPSA) is 83.3 Å². The van der Waals surface area contributed by atoms with E-state index < -0.39 is 28.8 Å². The molecule has 0 aromatic heterocycles. The van der Waals surface area contributed by atoms with E-state index in [4.69, 9.17) is 0 Å². The number of nitrogens with one attached hydrogen (secondary N) is 2. The Morgan fingerprint density at radius 1 is 1.04 bits per heavy atom. The van der Waals surface area contributed by atoms with Gasteiger partial charge in [0.15, 0.2) is 0 Å². The van der Waals surface area contributed by atoms with Crippen LogP contribution in [0.5, 0.6) is 0 Å². The summed E-state index contributed by atoms with van der Waals surface area (Å²) in [7, 11) is 0. The van der Waals surface area contributed by atoms with E-state index in [-0.39, 0.29) is 11.4 Å². The number of carbonyl (C=O) groups is 1. The van der Waals surface area contributed by atoms with Crippen molar-refractivity contribution >= 4 is 23.0 Å². The number of carbonyl (C=O) groups excluding carboxylic acids is 1. The van der Waals surface area contributed by atoms with Crippen molar-refractivity contribution in [2.75, 3.05) is 15.3 Å². The van der Waals surface area contributed by atoms with Gasteiger partial charge in [-0.3, -0.25) is 4.79 Å². The quantitative estimate of drug-likeness (QED) is 0.674. The van der Waals surface area contributed by atoms with Gasteiger partial charge in [0, 0.05) is 0 Å². The molecule has 10 heteroatoms. The molecule has 1 unspecified atom stereocenters. The molecule has 0 bridgehead atoms. The van der Waals surface area contributed by atoms with Crippen LogP contribution in [0.1, 0.15) is 5.56 Å². The van der Waals surface area contributed by atoms with Gasteiger partial charge in [-0.05, 0) is 36.4 Å². The van der Waals surface area contributed by atoms with Crippen molar-refractivity contribution in [2.24, 2.45) is 0 Å². The van der Waals surface area contributed by atoms with Crippen molar-refractivity contribution in [3.05, 3.63) is 70.9 Å². The number of anilines is 3. The molecule has 0 radical (unpaired) electrons. The number of benzene rings is 2. The summed E-state index contributed by atoms with van der Waals surface area (Å²) in [5.74, 6) is -1.34. The van der Waals surface area contributed by atoms with Gasteiger partial charge in [-0.15, -0.1) is 5.01 Å². The lowest BCUT2D eigenvalue weighted by Gasteiger charge is -2.35. The first kappa shape index (κ1) is 16.2. The first-order valence-corrected chi connectivity index (χ1v) is 7.44. The lowest BCUT2D eigenvalue weighted by atomic mass is 10.2. The fourth-order valence-corrected chi connectivity index (χ4v) is 2.91. The fourth-order valence-electron chi connectivity index (χ4n) is 2.91. The summed E-state index contributed by atoms with van der Waals surface area (Å²) in [6.07, 6.45) is -4.52. The first-order valence-electron chi connectivity index (χ1n) is 7.44. The maximum absolute atomic E-state index is 12.8. The van der Waals surface area contributed by atoms with Gasteiger partial charge in [0.2, 0.25) is 5.70 Å². The number of hydrogen-bond acceptors (Lipinski definition) is 5. The molecule has 2 aliphatic rings. The maximum Gasteiger partial charge on any atom is 0.416 e. The SMILES string of the molecule is O=C1Nc2ccccc2N2C1=C(O)N(c1ccc(C(F)(F)F)cc1)[NH+]2[O-]. The number of amides is 1. The van der Waals surface area contributed by atoms with Crippen molar-refractivity contribution in [3.8, 4) is 0 Å². The number of fused-ring (bicyclic) bond motifs is 3. The number of aliphatic hydroxyl groups is 1. The summed E-state index contributed by atoms with van der Waals surface area (Å²) >= 11 is 0. The number of halogens is 3. The Bertz CT molecular complexity index is 927. The van der Waals surface area contributed by atoms with Crippen LogP contribution in [-0.2, 0) is 11.0 Å². The van der Waals surface area contributed by atoms with Crippen LogP contribution in [0.25, 0.3) is 0 Å². The van der Waals surface area contributed by atoms with E-state index in [1.54, 1.807) is 24.3 Å². The van der Waals surface area contributed by atoms with Gasteiger partial charge in [-0.25, -0.2) is 0 Å². The van der Waals surface area contributed by atoms with Crippen LogP contribution >= 0.6 is 0 Å². The van der Waals surface area contributed by atoms with E-state index in [0.717, 1.165) is 34.3 Å². The second kappa shape index (κ2) is 5.38. The summed E-state index contributed by atoms with van der Waals surface area (Å²) < 4.78 is 38.1. The summed E-state index contributed by atoms with van der Waals surface area (Å²) in [4.78, 5) is 12.3. The zero-order valence-electron chi connectivity index (χ0n) is 12.9. The molecule has 26 heavy (non-hydrogen) atoms. The molecule has 1 amide bonds. The molecule has 2 aliphatic heterocycles. The minimum Gasteiger partial charge on any atom is -0.581 e. The molecule has 4 rings (SSSR count). The highest BCUT2D eigenvalue weighted by atomic mass is 19.4. The zero-order chi connectivity index (χ0) is 18.6. The third-order valence-electron chi connectivity index (χ3n) is 4.09. The molecule has 0 saturated heterocycles. The van der Waals surface area contributed by atoms with E-state index >= 15 is 0 Å². The smallest absolute Gasteiger partial charge is 0.416 e. The monoisotopic (exact) mass is 364 g/mol. The van der Waals surface area contributed by atoms with Crippen molar-refractivity contribution < 1.29 is 28.4 Å². The highest BCUT2D eigenvalue weighted by Crippen LogP contribution is 2.36. The van der Waals surface area contributed by atoms with Crippen LogP contribution in [0, 0.1) is 5.21 Å². The Kier molecular flexibility index (Phi) is 3.36. The molecule has 0 saturated carbocycles. The number of hydrogen-bond donors (Lipinski definition) is 3. The Morgan fingerprint density at radius 2 is 1.69 bits per heavy atom. The maximum atomic E-state index is 12.8. The van der Waals surface area contributed by atoms with Crippen LogP contribution in [-0.4, -0.2) is 11.0 Å². The first-order chi connectivity index (χ1) is 12.3. The van der Waals surface area contributed by atoms with Crippen LogP contribution in [0.15, 0.2) is 60.1 Å². The molecular weight excluding hydrogens is 353 g/mol. The van der Waals surface area contributed by atoms with Crippen LogP contribution < -0.4 is 20.6 Å². The van der Waals surface area contributed by atoms with Crippen molar-refractivity contribution in [2.45, 2.75) is 6.18 Å². The molecule has 2 aromatic rings. The van der Waals surface area contributed by atoms with Crippen molar-refractivity contribution in [1.82, 2.24) is 0 Å². The highest BCUT2D eigenvalue weighted by Gasteiger charge is 2.46. The van der Waals surface area contributed by atoms with Gasteiger partial charge in [0.25, 0.3) is 11.8 Å². The van der Waals surface area contributed by atoms with Crippen LogP contribution in [0.3, 0.4) is 0 Å². The predicted molar refractivity (Wildman–Crippen MR) is 85.5 cm³/mol. The third kappa shape index (κ3) is 2.27. The molecule has 2 heterocycles. The average molecular weight is 364 g/mol. The normalized spacial score (nSPS) is 19.4. The third-order valence-corrected chi connectivity index (χ3v) is 4.09. The Morgan fingerprint density at radius 3 is 2.35 bits per heavy atom. The summed E-state index contributed by atoms with van der Waals surface area (Å²) in [6.45, 7) is 0. The van der Waals surface area contributed by atoms with Gasteiger partial charge in [-0.1, -0.05) is 12.1 Å². The van der Waals surface area contributed by atoms with Gasteiger partial charge in [0.1, 0.15) is 11.4 Å². The Balaban J connectivity index is 1.78. The van der Waals surface area contributed by atoms with Gasteiger partial charge in [-0.2, -0.15) is 23.5 Å². The molecule has 134 valence electrons. The van der Waals surface area contributed by atoms with Gasteiger partial charge >= 0.3 is 6.18 Å². The van der Waals surface area contributed by atoms with Gasteiger partial charge < -0.3 is 15.6 Å². The average Bonchev–Trinajstić information content (AvgIpc) is 2.86. The van der Waals surface area contributed by atoms with E-state index in [9.17, 15) is 28.3 Å². The van der Waals surface area contributed by atoms with Crippen molar-refractivity contribution in [1.29, 1.82) is 0 Å².